The minimum Gasteiger partial charge on any atom is -0.480 e. The first-order valence-corrected chi connectivity index (χ1v) is 5.25. The molecule has 0 aliphatic rings. The van der Waals surface area contributed by atoms with Crippen LogP contribution in [0.1, 0.15) is 33.6 Å². The third-order valence-corrected chi connectivity index (χ3v) is 2.00. The van der Waals surface area contributed by atoms with Gasteiger partial charge in [0, 0.05) is 12.6 Å². The molecule has 0 aliphatic heterocycles. The summed E-state index contributed by atoms with van der Waals surface area (Å²) in [7, 11) is 0. The smallest absolute Gasteiger partial charge is 0.323 e. The van der Waals surface area contributed by atoms with Gasteiger partial charge in [0.1, 0.15) is 6.54 Å². The predicted octanol–water partition coefficient (Wildman–Crippen LogP) is 1.29. The summed E-state index contributed by atoms with van der Waals surface area (Å²) in [4.78, 5) is 23.4. The van der Waals surface area contributed by atoms with Gasteiger partial charge in [-0.25, -0.2) is 4.79 Å². The lowest BCUT2D eigenvalue weighted by molar-refractivity contribution is -0.138. The van der Waals surface area contributed by atoms with Gasteiger partial charge in [-0.3, -0.25) is 4.79 Å². The lowest BCUT2D eigenvalue weighted by atomic mass is 10.3. The van der Waals surface area contributed by atoms with Crippen LogP contribution in [-0.4, -0.2) is 41.1 Å². The molecule has 0 spiro atoms. The van der Waals surface area contributed by atoms with Gasteiger partial charge in [-0.2, -0.15) is 0 Å². The zero-order valence-corrected chi connectivity index (χ0v) is 9.62. The van der Waals surface area contributed by atoms with Crippen LogP contribution in [0.15, 0.2) is 0 Å². The second-order valence-corrected chi connectivity index (χ2v) is 3.70. The van der Waals surface area contributed by atoms with Crippen molar-refractivity contribution >= 4 is 12.0 Å². The Hall–Kier alpha value is -1.26. The van der Waals surface area contributed by atoms with E-state index in [9.17, 15) is 9.59 Å². The van der Waals surface area contributed by atoms with E-state index >= 15 is 0 Å². The lowest BCUT2D eigenvalue weighted by Crippen LogP contribution is -2.46. The zero-order valence-electron chi connectivity index (χ0n) is 9.62. The summed E-state index contributed by atoms with van der Waals surface area (Å²) in [6, 6.07) is -0.413. The van der Waals surface area contributed by atoms with Crippen LogP contribution in [0, 0.1) is 0 Å². The Bertz CT molecular complexity index is 217. The molecule has 5 nitrogen and oxygen atoms in total. The Morgan fingerprint density at radius 1 is 1.40 bits per heavy atom. The highest BCUT2D eigenvalue weighted by Gasteiger charge is 2.18. The highest BCUT2D eigenvalue weighted by atomic mass is 16.4. The SMILES string of the molecule is CCCCNC(=O)N(CC(=O)O)C(C)C. The maximum absolute atomic E-state index is 11.5. The number of carboxylic acids is 1. The molecule has 0 aromatic rings. The second kappa shape index (κ2) is 7.09. The van der Waals surface area contributed by atoms with Crippen molar-refractivity contribution in [3.05, 3.63) is 0 Å². The molecule has 0 bridgehead atoms. The largest absolute Gasteiger partial charge is 0.480 e. The Labute approximate surface area is 90.5 Å². The number of unbranched alkanes of at least 4 members (excludes halogenated alkanes) is 1. The molecule has 88 valence electrons. The van der Waals surface area contributed by atoms with Crippen molar-refractivity contribution in [1.29, 1.82) is 0 Å². The number of carboxylic acid groups (broad SMARTS) is 1. The van der Waals surface area contributed by atoms with Gasteiger partial charge in [0.05, 0.1) is 0 Å². The molecule has 0 radical (unpaired) electrons. The number of hydrogen-bond donors (Lipinski definition) is 2. The van der Waals surface area contributed by atoms with Gasteiger partial charge in [-0.15, -0.1) is 0 Å². The standard InChI is InChI=1S/C10H20N2O3/c1-4-5-6-11-10(15)12(8(2)3)7-9(13)14/h8H,4-7H2,1-3H3,(H,11,15)(H,13,14). The topological polar surface area (TPSA) is 69.6 Å². The molecular weight excluding hydrogens is 196 g/mol. The Morgan fingerprint density at radius 2 is 2.00 bits per heavy atom. The Kier molecular flexibility index (Phi) is 6.49. The molecule has 2 N–H and O–H groups in total. The summed E-state index contributed by atoms with van der Waals surface area (Å²) >= 11 is 0. The van der Waals surface area contributed by atoms with Crippen LogP contribution in [0.5, 0.6) is 0 Å². The first-order valence-electron chi connectivity index (χ1n) is 5.25. The number of rotatable bonds is 6. The predicted molar refractivity (Wildman–Crippen MR) is 57.8 cm³/mol. The van der Waals surface area contributed by atoms with Gasteiger partial charge in [-0.1, -0.05) is 13.3 Å². The van der Waals surface area contributed by atoms with Gasteiger partial charge in [0.25, 0.3) is 0 Å². The molecular formula is C10H20N2O3. The Morgan fingerprint density at radius 3 is 2.40 bits per heavy atom. The van der Waals surface area contributed by atoms with Crippen molar-refractivity contribution in [3.63, 3.8) is 0 Å². The molecule has 0 atom stereocenters. The Balaban J connectivity index is 4.11. The van der Waals surface area contributed by atoms with E-state index in [2.05, 4.69) is 5.32 Å². The lowest BCUT2D eigenvalue weighted by Gasteiger charge is -2.25. The molecule has 0 rings (SSSR count). The molecule has 5 heteroatoms. The van der Waals surface area contributed by atoms with Gasteiger partial charge in [0.2, 0.25) is 0 Å². The summed E-state index contributed by atoms with van der Waals surface area (Å²) < 4.78 is 0. The van der Waals surface area contributed by atoms with Crippen LogP contribution >= 0.6 is 0 Å². The summed E-state index contributed by atoms with van der Waals surface area (Å²) in [5, 5.41) is 11.3. The zero-order chi connectivity index (χ0) is 11.8. The summed E-state index contributed by atoms with van der Waals surface area (Å²) in [6.07, 6.45) is 1.91. The third kappa shape index (κ3) is 5.93. The molecule has 0 aromatic heterocycles. The molecule has 0 saturated heterocycles. The van der Waals surface area contributed by atoms with Gasteiger partial charge >= 0.3 is 12.0 Å². The molecule has 0 unspecified atom stereocenters. The van der Waals surface area contributed by atoms with Crippen LogP contribution < -0.4 is 5.32 Å². The minimum absolute atomic E-state index is 0.109. The fourth-order valence-corrected chi connectivity index (χ4v) is 1.11. The number of nitrogens with one attached hydrogen (secondary N) is 1. The monoisotopic (exact) mass is 216 g/mol. The van der Waals surface area contributed by atoms with E-state index in [1.165, 1.54) is 4.90 Å². The van der Waals surface area contributed by atoms with E-state index in [1.807, 2.05) is 6.92 Å². The summed E-state index contributed by atoms with van der Waals surface area (Å²) in [5.74, 6) is -0.991. The maximum Gasteiger partial charge on any atom is 0.323 e. The number of nitrogens with zero attached hydrogens (tertiary/aromatic N) is 1. The van der Waals surface area contributed by atoms with Crippen molar-refractivity contribution in [2.75, 3.05) is 13.1 Å². The van der Waals surface area contributed by atoms with E-state index in [1.54, 1.807) is 13.8 Å². The number of amides is 2. The van der Waals surface area contributed by atoms with Crippen LogP contribution in [0.2, 0.25) is 0 Å². The van der Waals surface area contributed by atoms with Gasteiger partial charge in [-0.05, 0) is 20.3 Å². The van der Waals surface area contributed by atoms with Gasteiger partial charge in [0.15, 0.2) is 0 Å². The van der Waals surface area contributed by atoms with Gasteiger partial charge < -0.3 is 15.3 Å². The molecule has 0 aromatic carbocycles. The molecule has 2 amide bonds. The van der Waals surface area contributed by atoms with Crippen LogP contribution in [0.25, 0.3) is 0 Å². The molecule has 0 saturated carbocycles. The number of hydrogen-bond acceptors (Lipinski definition) is 2. The highest BCUT2D eigenvalue weighted by molar-refractivity contribution is 5.80. The fourth-order valence-electron chi connectivity index (χ4n) is 1.11. The second-order valence-electron chi connectivity index (χ2n) is 3.70. The molecule has 0 fully saturated rings. The number of urea groups is 1. The molecule has 0 heterocycles. The normalized spacial score (nSPS) is 10.1. The number of carbonyl (C=O) groups excluding carboxylic acids is 1. The molecule has 15 heavy (non-hydrogen) atoms. The quantitative estimate of drug-likeness (QED) is 0.657. The average Bonchev–Trinajstić information content (AvgIpc) is 2.13. The molecule has 0 aliphatic carbocycles. The maximum atomic E-state index is 11.5. The fraction of sp³-hybridized carbons (Fsp3) is 0.800. The van der Waals surface area contributed by atoms with E-state index in [0.29, 0.717) is 6.54 Å². The first kappa shape index (κ1) is 13.7. The van der Waals surface area contributed by atoms with E-state index in [4.69, 9.17) is 5.11 Å². The van der Waals surface area contributed by atoms with Crippen molar-refractivity contribution in [3.8, 4) is 0 Å². The van der Waals surface area contributed by atoms with Crippen molar-refractivity contribution in [2.45, 2.75) is 39.7 Å². The average molecular weight is 216 g/mol. The van der Waals surface area contributed by atoms with Crippen molar-refractivity contribution in [1.82, 2.24) is 10.2 Å². The third-order valence-electron chi connectivity index (χ3n) is 2.00. The van der Waals surface area contributed by atoms with E-state index in [0.717, 1.165) is 12.8 Å². The highest BCUT2D eigenvalue weighted by Crippen LogP contribution is 1.98. The number of carbonyl (C=O) groups is 2. The van der Waals surface area contributed by atoms with Crippen LogP contribution in [-0.2, 0) is 4.79 Å². The van der Waals surface area contributed by atoms with E-state index in [-0.39, 0.29) is 18.6 Å². The first-order chi connectivity index (χ1) is 6.99. The van der Waals surface area contributed by atoms with Crippen molar-refractivity contribution < 1.29 is 14.7 Å². The van der Waals surface area contributed by atoms with Crippen LogP contribution in [0.3, 0.4) is 0 Å². The summed E-state index contributed by atoms with van der Waals surface area (Å²) in [5.41, 5.74) is 0. The van der Waals surface area contributed by atoms with Crippen LogP contribution in [0.4, 0.5) is 4.79 Å². The minimum atomic E-state index is -0.991. The number of aliphatic carboxylic acids is 1. The van der Waals surface area contributed by atoms with Crippen molar-refractivity contribution in [2.24, 2.45) is 0 Å². The van der Waals surface area contributed by atoms with E-state index < -0.39 is 5.97 Å². The summed E-state index contributed by atoms with van der Waals surface area (Å²) in [6.45, 7) is 5.96.